The van der Waals surface area contributed by atoms with E-state index in [2.05, 4.69) is 18.7 Å². The molecule has 2 aliphatic rings. The van der Waals surface area contributed by atoms with Gasteiger partial charge in [-0.25, -0.2) is 0 Å². The van der Waals surface area contributed by atoms with Crippen molar-refractivity contribution in [2.45, 2.75) is 46.6 Å². The molecule has 2 aliphatic heterocycles. The number of benzene rings is 2. The minimum Gasteiger partial charge on any atom is -0.507 e. The minimum absolute atomic E-state index is 0.105. The summed E-state index contributed by atoms with van der Waals surface area (Å²) in [6.07, 6.45) is 1.61. The van der Waals surface area contributed by atoms with Gasteiger partial charge < -0.3 is 24.2 Å². The zero-order chi connectivity index (χ0) is 28.6. The van der Waals surface area contributed by atoms with E-state index < -0.39 is 17.7 Å². The fraction of sp³-hybridized carbons (Fsp3) is 0.500. The number of aliphatic hydroxyl groups is 1. The van der Waals surface area contributed by atoms with Crippen LogP contribution in [-0.4, -0.2) is 79.2 Å². The molecule has 2 heterocycles. The molecule has 0 saturated carbocycles. The van der Waals surface area contributed by atoms with Crippen LogP contribution in [-0.2, 0) is 14.3 Å². The van der Waals surface area contributed by atoms with Crippen LogP contribution in [0, 0.1) is 12.8 Å². The van der Waals surface area contributed by atoms with Gasteiger partial charge in [0, 0.05) is 31.7 Å². The summed E-state index contributed by atoms with van der Waals surface area (Å²) >= 11 is 0. The van der Waals surface area contributed by atoms with Gasteiger partial charge in [-0.3, -0.25) is 14.5 Å². The maximum Gasteiger partial charge on any atom is 0.295 e. The van der Waals surface area contributed by atoms with Crippen LogP contribution in [0.3, 0.4) is 0 Å². The van der Waals surface area contributed by atoms with Gasteiger partial charge in [0.15, 0.2) is 0 Å². The van der Waals surface area contributed by atoms with Gasteiger partial charge in [0.1, 0.15) is 17.3 Å². The number of amides is 1. The second kappa shape index (κ2) is 13.8. The van der Waals surface area contributed by atoms with Crippen molar-refractivity contribution in [2.75, 3.05) is 52.6 Å². The summed E-state index contributed by atoms with van der Waals surface area (Å²) in [5.74, 6) is 0.399. The molecule has 4 rings (SSSR count). The van der Waals surface area contributed by atoms with E-state index >= 15 is 0 Å². The molecule has 1 amide bonds. The van der Waals surface area contributed by atoms with Gasteiger partial charge in [-0.1, -0.05) is 32.9 Å². The van der Waals surface area contributed by atoms with E-state index in [0.29, 0.717) is 50.9 Å². The van der Waals surface area contributed by atoms with E-state index in [1.807, 2.05) is 38.1 Å². The molecule has 8 heteroatoms. The van der Waals surface area contributed by atoms with Crippen LogP contribution in [0.15, 0.2) is 48.0 Å². The van der Waals surface area contributed by atoms with Crippen LogP contribution < -0.4 is 9.47 Å². The number of rotatable bonds is 12. The van der Waals surface area contributed by atoms with Crippen LogP contribution in [0.25, 0.3) is 5.76 Å². The number of aryl methyl sites for hydroxylation is 1. The Hall–Kier alpha value is -3.36. The van der Waals surface area contributed by atoms with Crippen LogP contribution in [0.2, 0.25) is 0 Å². The summed E-state index contributed by atoms with van der Waals surface area (Å²) in [6, 6.07) is 12.1. The lowest BCUT2D eigenvalue weighted by Gasteiger charge is -2.29. The maximum atomic E-state index is 13.4. The summed E-state index contributed by atoms with van der Waals surface area (Å²) < 4.78 is 17.1. The number of carbonyl (C=O) groups excluding carboxylic acids is 2. The molecule has 0 aliphatic carbocycles. The first-order chi connectivity index (χ1) is 19.3. The van der Waals surface area contributed by atoms with Crippen LogP contribution in [0.1, 0.15) is 56.3 Å². The number of aliphatic hydroxyl groups excluding tert-OH is 1. The van der Waals surface area contributed by atoms with Crippen molar-refractivity contribution in [3.05, 3.63) is 64.7 Å². The third-order valence-corrected chi connectivity index (χ3v) is 7.21. The molecule has 0 bridgehead atoms. The Labute approximate surface area is 237 Å². The van der Waals surface area contributed by atoms with Crippen molar-refractivity contribution in [1.82, 2.24) is 9.80 Å². The Kier molecular flexibility index (Phi) is 10.2. The number of nitrogens with zero attached hydrogens (tertiary/aromatic N) is 2. The summed E-state index contributed by atoms with van der Waals surface area (Å²) in [7, 11) is 0. The molecule has 40 heavy (non-hydrogen) atoms. The Morgan fingerprint density at radius 3 is 2.42 bits per heavy atom. The lowest BCUT2D eigenvalue weighted by atomic mass is 9.94. The molecular weight excluding hydrogens is 508 g/mol. The average Bonchev–Trinajstić information content (AvgIpc) is 3.21. The lowest BCUT2D eigenvalue weighted by Crippen LogP contribution is -2.38. The Bertz CT molecular complexity index is 1200. The maximum absolute atomic E-state index is 13.4. The highest BCUT2D eigenvalue weighted by atomic mass is 16.5. The molecule has 216 valence electrons. The lowest BCUT2D eigenvalue weighted by molar-refractivity contribution is -0.140. The highest BCUT2D eigenvalue weighted by Gasteiger charge is 2.45. The normalized spacial score (nSPS) is 19.4. The van der Waals surface area contributed by atoms with E-state index in [4.69, 9.17) is 14.2 Å². The van der Waals surface area contributed by atoms with Crippen molar-refractivity contribution < 1.29 is 28.9 Å². The Morgan fingerprint density at radius 2 is 1.77 bits per heavy atom. The van der Waals surface area contributed by atoms with Crippen LogP contribution in [0.4, 0.5) is 0 Å². The van der Waals surface area contributed by atoms with Gasteiger partial charge in [-0.2, -0.15) is 0 Å². The smallest absolute Gasteiger partial charge is 0.295 e. The zero-order valence-electron chi connectivity index (χ0n) is 24.2. The molecule has 2 aromatic carbocycles. The van der Waals surface area contributed by atoms with Crippen molar-refractivity contribution in [3.63, 3.8) is 0 Å². The number of Topliss-reactive ketones (excluding diaryl/α,β-unsaturated/α-hetero) is 1. The second-order valence-electron chi connectivity index (χ2n) is 10.9. The monoisotopic (exact) mass is 550 g/mol. The molecule has 0 spiro atoms. The average molecular weight is 551 g/mol. The number of hydrogen-bond acceptors (Lipinski definition) is 7. The first kappa shape index (κ1) is 29.6. The number of likely N-dealkylation sites (tertiary alicyclic amines) is 1. The fourth-order valence-corrected chi connectivity index (χ4v) is 5.08. The zero-order valence-corrected chi connectivity index (χ0v) is 24.2. The van der Waals surface area contributed by atoms with Gasteiger partial charge in [-0.05, 0) is 67.1 Å². The first-order valence-corrected chi connectivity index (χ1v) is 14.3. The number of ether oxygens (including phenoxy) is 3. The number of carbonyl (C=O) groups is 2. The van der Waals surface area contributed by atoms with E-state index in [0.717, 1.165) is 48.7 Å². The van der Waals surface area contributed by atoms with E-state index in [1.165, 1.54) is 0 Å². The topological polar surface area (TPSA) is 88.5 Å². The summed E-state index contributed by atoms with van der Waals surface area (Å²) in [6.45, 7) is 13.6. The molecular formula is C32H42N2O6. The molecule has 1 atom stereocenters. The van der Waals surface area contributed by atoms with Gasteiger partial charge in [-0.15, -0.1) is 0 Å². The fourth-order valence-electron chi connectivity index (χ4n) is 5.08. The van der Waals surface area contributed by atoms with E-state index in [9.17, 15) is 14.7 Å². The molecule has 1 unspecified atom stereocenters. The number of morpholine rings is 1. The van der Waals surface area contributed by atoms with Crippen LogP contribution >= 0.6 is 0 Å². The predicted octanol–water partition coefficient (Wildman–Crippen LogP) is 4.96. The van der Waals surface area contributed by atoms with Crippen LogP contribution in [0.5, 0.6) is 11.5 Å². The van der Waals surface area contributed by atoms with E-state index in [-0.39, 0.29) is 11.3 Å². The molecule has 8 nitrogen and oxygen atoms in total. The van der Waals surface area contributed by atoms with Crippen molar-refractivity contribution in [1.29, 1.82) is 0 Å². The Balaban J connectivity index is 1.65. The molecule has 0 aromatic heterocycles. The van der Waals surface area contributed by atoms with Crippen molar-refractivity contribution in [2.24, 2.45) is 5.92 Å². The number of hydrogen-bond donors (Lipinski definition) is 1. The largest absolute Gasteiger partial charge is 0.507 e. The Morgan fingerprint density at radius 1 is 1.05 bits per heavy atom. The molecule has 0 radical (unpaired) electrons. The summed E-state index contributed by atoms with van der Waals surface area (Å²) in [4.78, 5) is 30.7. The number of ketones is 1. The third-order valence-electron chi connectivity index (χ3n) is 7.21. The van der Waals surface area contributed by atoms with E-state index in [1.54, 1.807) is 23.1 Å². The summed E-state index contributed by atoms with van der Waals surface area (Å²) in [5, 5.41) is 11.5. The minimum atomic E-state index is -0.693. The highest BCUT2D eigenvalue weighted by Crippen LogP contribution is 2.40. The van der Waals surface area contributed by atoms with Gasteiger partial charge >= 0.3 is 0 Å². The van der Waals surface area contributed by atoms with Gasteiger partial charge in [0.25, 0.3) is 11.7 Å². The molecule has 2 saturated heterocycles. The van der Waals surface area contributed by atoms with Gasteiger partial charge in [0.05, 0.1) is 38.0 Å². The summed E-state index contributed by atoms with van der Waals surface area (Å²) in [5.41, 5.74) is 2.19. The SMILES string of the molecule is CCCOc1ccc(C2/C(=C(\O)c3ccc(OCC(C)C)c(C)c3)C(=O)C(=O)N2CCCN2CCOCC2)cc1. The quantitative estimate of drug-likeness (QED) is 0.227. The molecule has 2 fully saturated rings. The first-order valence-electron chi connectivity index (χ1n) is 14.3. The van der Waals surface area contributed by atoms with Crippen molar-refractivity contribution in [3.8, 4) is 11.5 Å². The highest BCUT2D eigenvalue weighted by molar-refractivity contribution is 6.46. The standard InChI is InChI=1S/C32H42N2O6/c1-5-17-39-26-10-7-24(8-11-26)29-28(30(35)25-9-12-27(23(4)20-25)40-21-22(2)3)31(36)32(37)34(29)14-6-13-33-15-18-38-19-16-33/h7-12,20,22,29,35H,5-6,13-19,21H2,1-4H3/b30-28+. The van der Waals surface area contributed by atoms with Gasteiger partial charge in [0.2, 0.25) is 0 Å². The molecule has 2 aromatic rings. The molecule has 1 N–H and O–H groups in total. The van der Waals surface area contributed by atoms with Crippen molar-refractivity contribution >= 4 is 17.4 Å². The predicted molar refractivity (Wildman–Crippen MR) is 155 cm³/mol. The second-order valence-corrected chi connectivity index (χ2v) is 10.9. The third kappa shape index (κ3) is 7.04.